The fourth-order valence-corrected chi connectivity index (χ4v) is 2.45. The van der Waals surface area contributed by atoms with Gasteiger partial charge in [-0.15, -0.1) is 0 Å². The highest BCUT2D eigenvalue weighted by Crippen LogP contribution is 2.16. The van der Waals surface area contributed by atoms with Crippen LogP contribution < -0.4 is 0 Å². The third-order valence-corrected chi connectivity index (χ3v) is 5.39. The Bertz CT molecular complexity index is 174. The molecule has 1 atom stereocenters. The Morgan fingerprint density at radius 3 is 2.62 bits per heavy atom. The van der Waals surface area contributed by atoms with Crippen molar-refractivity contribution in [3.05, 3.63) is 24.8 Å². The van der Waals surface area contributed by atoms with Crippen LogP contribution in [0.15, 0.2) is 24.8 Å². The van der Waals surface area contributed by atoms with E-state index in [1.165, 1.54) is 0 Å². The Balaban J connectivity index is 3.73. The summed E-state index contributed by atoms with van der Waals surface area (Å²) in [4.78, 5) is 0. The van der Waals surface area contributed by atoms with Gasteiger partial charge in [0.25, 0.3) is 0 Å². The van der Waals surface area contributed by atoms with Gasteiger partial charge in [0.2, 0.25) is 8.32 Å². The maximum absolute atomic E-state index is 9.10. The first-order valence-corrected chi connectivity index (χ1v) is 7.36. The number of hydrogen-bond acceptors (Lipinski definition) is 2. The molecule has 2 nitrogen and oxygen atoms in total. The first-order valence-electron chi connectivity index (χ1n) is 4.54. The van der Waals surface area contributed by atoms with Crippen LogP contribution in [0, 0.1) is 0 Å². The summed E-state index contributed by atoms with van der Waals surface area (Å²) in [6.45, 7) is 9.53. The maximum atomic E-state index is 9.10. The number of aliphatic hydroxyl groups is 1. The number of hydrogen-bond donors (Lipinski definition) is 1. The number of allylic oxidation sites excluding steroid dienone is 2. The van der Waals surface area contributed by atoms with E-state index in [1.807, 2.05) is 6.55 Å². The van der Waals surface area contributed by atoms with Crippen LogP contribution >= 0.6 is 0 Å². The molecule has 13 heavy (non-hydrogen) atoms. The molecule has 0 aromatic carbocycles. The van der Waals surface area contributed by atoms with E-state index in [-0.39, 0.29) is 6.23 Å². The molecule has 0 aromatic heterocycles. The lowest BCUT2D eigenvalue weighted by Crippen LogP contribution is -2.37. The van der Waals surface area contributed by atoms with Gasteiger partial charge in [-0.2, -0.15) is 0 Å². The largest absolute Gasteiger partial charge is 0.418 e. The molecule has 0 spiro atoms. The molecule has 76 valence electrons. The van der Waals surface area contributed by atoms with Crippen molar-refractivity contribution in [2.75, 3.05) is 13.3 Å². The molecular weight excluding hydrogens is 180 g/mol. The van der Waals surface area contributed by atoms with Crippen LogP contribution in [0.2, 0.25) is 12.6 Å². The van der Waals surface area contributed by atoms with Gasteiger partial charge in [-0.3, -0.25) is 0 Å². The monoisotopic (exact) mass is 200 g/mol. The van der Waals surface area contributed by atoms with E-state index in [2.05, 4.69) is 13.2 Å². The molecule has 0 bridgehead atoms. The molecule has 0 aliphatic heterocycles. The molecule has 0 radical (unpaired) electrons. The van der Waals surface area contributed by atoms with E-state index in [1.54, 1.807) is 13.2 Å². The molecular formula is C10H20O2Si. The minimum absolute atomic E-state index is 0.198. The van der Waals surface area contributed by atoms with Gasteiger partial charge < -0.3 is 9.53 Å². The maximum Gasteiger partial charge on any atom is 0.214 e. The highest BCUT2D eigenvalue weighted by atomic mass is 28.4. The van der Waals surface area contributed by atoms with Crippen molar-refractivity contribution in [2.45, 2.75) is 25.4 Å². The Morgan fingerprint density at radius 1 is 1.62 bits per heavy atom. The van der Waals surface area contributed by atoms with Crippen molar-refractivity contribution in [1.29, 1.82) is 0 Å². The first-order chi connectivity index (χ1) is 6.08. The second kappa shape index (κ2) is 6.13. The predicted octanol–water partition coefficient (Wildman–Crippen LogP) is 2.26. The van der Waals surface area contributed by atoms with Crippen LogP contribution in [-0.4, -0.2) is 26.8 Å². The summed E-state index contributed by atoms with van der Waals surface area (Å²) >= 11 is 0. The molecule has 0 aromatic rings. The molecule has 0 amide bonds. The zero-order valence-electron chi connectivity index (χ0n) is 8.68. The smallest absolute Gasteiger partial charge is 0.214 e. The topological polar surface area (TPSA) is 29.5 Å². The molecule has 0 heterocycles. The van der Waals surface area contributed by atoms with Crippen molar-refractivity contribution >= 4 is 8.32 Å². The summed E-state index contributed by atoms with van der Waals surface area (Å²) in [5.74, 6) is 0. The van der Waals surface area contributed by atoms with Gasteiger partial charge in [-0.25, -0.2) is 0 Å². The van der Waals surface area contributed by atoms with E-state index in [0.717, 1.165) is 24.5 Å². The van der Waals surface area contributed by atoms with Gasteiger partial charge in [-0.1, -0.05) is 24.8 Å². The second-order valence-electron chi connectivity index (χ2n) is 3.53. The lowest BCUT2D eigenvalue weighted by molar-refractivity contribution is 0.300. The summed E-state index contributed by atoms with van der Waals surface area (Å²) in [6, 6.07) is 0.979. The average Bonchev–Trinajstić information content (AvgIpc) is 2.17. The van der Waals surface area contributed by atoms with Crippen molar-refractivity contribution in [1.82, 2.24) is 0 Å². The van der Waals surface area contributed by atoms with Crippen LogP contribution in [-0.2, 0) is 4.43 Å². The molecule has 0 saturated carbocycles. The van der Waals surface area contributed by atoms with Crippen molar-refractivity contribution in [3.63, 3.8) is 0 Å². The van der Waals surface area contributed by atoms with Crippen LogP contribution in [0.3, 0.4) is 0 Å². The van der Waals surface area contributed by atoms with Crippen molar-refractivity contribution in [2.24, 2.45) is 0 Å². The average molecular weight is 200 g/mol. The second-order valence-corrected chi connectivity index (χ2v) is 7.65. The molecule has 0 aliphatic carbocycles. The zero-order valence-corrected chi connectivity index (χ0v) is 9.68. The fraction of sp³-hybridized carbons (Fsp3) is 0.600. The zero-order chi connectivity index (χ0) is 10.3. The molecule has 0 saturated heterocycles. The Kier molecular flexibility index (Phi) is 5.95. The van der Waals surface area contributed by atoms with Gasteiger partial charge in [0, 0.05) is 7.11 Å². The molecule has 0 rings (SSSR count). The summed E-state index contributed by atoms with van der Waals surface area (Å²) in [5.41, 5.74) is 1.06. The summed E-state index contributed by atoms with van der Waals surface area (Å²) in [7, 11) is -0.111. The summed E-state index contributed by atoms with van der Waals surface area (Å²) in [6.07, 6.45) is 3.96. The lowest BCUT2D eigenvalue weighted by atomic mass is 10.2. The quantitative estimate of drug-likeness (QED) is 0.504. The van der Waals surface area contributed by atoms with E-state index >= 15 is 0 Å². The van der Waals surface area contributed by atoms with Gasteiger partial charge in [-0.05, 0) is 25.4 Å². The van der Waals surface area contributed by atoms with E-state index in [9.17, 15) is 0 Å². The Labute approximate surface area is 82.1 Å². The van der Waals surface area contributed by atoms with Gasteiger partial charge in [0.1, 0.15) is 0 Å². The van der Waals surface area contributed by atoms with Crippen LogP contribution in [0.1, 0.15) is 12.8 Å². The van der Waals surface area contributed by atoms with Crippen LogP contribution in [0.25, 0.3) is 0 Å². The third kappa shape index (κ3) is 5.03. The van der Waals surface area contributed by atoms with E-state index < -0.39 is 8.32 Å². The summed E-state index contributed by atoms with van der Waals surface area (Å²) in [5, 5.41) is 9.10. The minimum atomic E-state index is -1.80. The number of rotatable bonds is 7. The normalized spacial score (nSPS) is 15.0. The number of aliphatic hydroxyl groups excluding tert-OH is 1. The first kappa shape index (κ1) is 12.6. The molecule has 1 N–H and O–H groups in total. The Morgan fingerprint density at radius 2 is 2.23 bits per heavy atom. The molecule has 0 fully saturated rings. The van der Waals surface area contributed by atoms with Gasteiger partial charge >= 0.3 is 0 Å². The predicted molar refractivity (Wildman–Crippen MR) is 59.1 cm³/mol. The Hall–Kier alpha value is -0.383. The fourth-order valence-electron chi connectivity index (χ4n) is 1.04. The summed E-state index contributed by atoms with van der Waals surface area (Å²) < 4.78 is 5.34. The molecule has 0 aliphatic rings. The highest BCUT2D eigenvalue weighted by molar-refractivity contribution is 6.72. The van der Waals surface area contributed by atoms with Gasteiger partial charge in [0.15, 0.2) is 0 Å². The van der Waals surface area contributed by atoms with E-state index in [0.29, 0.717) is 0 Å². The lowest BCUT2D eigenvalue weighted by Gasteiger charge is -2.22. The van der Waals surface area contributed by atoms with Crippen molar-refractivity contribution < 1.29 is 9.53 Å². The highest BCUT2D eigenvalue weighted by Gasteiger charge is 2.25. The van der Waals surface area contributed by atoms with Crippen LogP contribution in [0.4, 0.5) is 0 Å². The molecule has 3 heteroatoms. The molecule has 1 unspecified atom stereocenters. The third-order valence-electron chi connectivity index (χ3n) is 2.32. The minimum Gasteiger partial charge on any atom is -0.418 e. The SMILES string of the molecule is C=CC(=C)CCC[Si](C)(CO)OC. The van der Waals surface area contributed by atoms with Crippen molar-refractivity contribution in [3.8, 4) is 0 Å². The van der Waals surface area contributed by atoms with Gasteiger partial charge in [0.05, 0.1) is 6.23 Å². The van der Waals surface area contributed by atoms with Crippen LogP contribution in [0.5, 0.6) is 0 Å². The van der Waals surface area contributed by atoms with E-state index in [4.69, 9.17) is 9.53 Å². The standard InChI is InChI=1S/C10H20O2Si/c1-5-10(2)7-6-8-13(4,9-11)12-3/h5,11H,1-2,6-9H2,3-4H3.